The van der Waals surface area contributed by atoms with Gasteiger partial charge in [-0.15, -0.1) is 0 Å². The number of hydrogen-bond acceptors (Lipinski definition) is 6. The van der Waals surface area contributed by atoms with Crippen LogP contribution in [0.25, 0.3) is 0 Å². The number of benzene rings is 1. The number of halogens is 2. The van der Waals surface area contributed by atoms with Gasteiger partial charge in [-0.1, -0.05) is 35.3 Å². The van der Waals surface area contributed by atoms with Gasteiger partial charge in [0.05, 0.1) is 10.7 Å². The molecule has 2 aromatic rings. The van der Waals surface area contributed by atoms with E-state index in [0.29, 0.717) is 10.7 Å². The number of carbonyl (C=O) groups excluding carboxylic acids is 1. The lowest BCUT2D eigenvalue weighted by molar-refractivity contribution is -0.148. The van der Waals surface area contributed by atoms with Crippen LogP contribution >= 0.6 is 30.6 Å². The maximum atomic E-state index is 12.6. The summed E-state index contributed by atoms with van der Waals surface area (Å²) in [4.78, 5) is 16.2. The SMILES string of the molecule is COP(C)(=O)C(OC(=O)COc1cccc(Cl)c1Cl)c1ccccn1. The lowest BCUT2D eigenvalue weighted by atomic mass is 10.3. The molecule has 0 saturated carbocycles. The molecule has 2 unspecified atom stereocenters. The zero-order valence-electron chi connectivity index (χ0n) is 13.5. The van der Waals surface area contributed by atoms with Crippen LogP contribution in [0.15, 0.2) is 42.6 Å². The van der Waals surface area contributed by atoms with Gasteiger partial charge in [0.1, 0.15) is 10.8 Å². The molecular weight excluding hydrogens is 388 g/mol. The Morgan fingerprint density at radius 1 is 1.24 bits per heavy atom. The van der Waals surface area contributed by atoms with Crippen LogP contribution in [0.4, 0.5) is 0 Å². The van der Waals surface area contributed by atoms with Crippen molar-refractivity contribution in [1.82, 2.24) is 4.98 Å². The summed E-state index contributed by atoms with van der Waals surface area (Å²) in [5, 5.41) is 0.493. The number of hydrogen-bond donors (Lipinski definition) is 0. The molecule has 1 aromatic carbocycles. The Bertz CT molecular complexity index is 787. The molecule has 0 aliphatic carbocycles. The molecule has 6 nitrogen and oxygen atoms in total. The molecule has 1 heterocycles. The van der Waals surface area contributed by atoms with Crippen molar-refractivity contribution in [3.63, 3.8) is 0 Å². The minimum absolute atomic E-state index is 0.191. The summed E-state index contributed by atoms with van der Waals surface area (Å²) in [6.07, 6.45) is 1.51. The number of nitrogens with zero attached hydrogens (tertiary/aromatic N) is 1. The number of pyridine rings is 1. The fraction of sp³-hybridized carbons (Fsp3) is 0.250. The van der Waals surface area contributed by atoms with Crippen LogP contribution in [0.1, 0.15) is 11.5 Å². The van der Waals surface area contributed by atoms with Gasteiger partial charge in [-0.3, -0.25) is 9.55 Å². The standard InChI is InChI=1S/C16H16Cl2NO5P/c1-22-25(2,21)16(12-7-3-4-9-19-12)24-14(20)10-23-13-8-5-6-11(17)15(13)18/h3-9,16H,10H2,1-2H3. The van der Waals surface area contributed by atoms with Gasteiger partial charge in [-0.2, -0.15) is 0 Å². The molecule has 2 atom stereocenters. The van der Waals surface area contributed by atoms with Gasteiger partial charge >= 0.3 is 5.97 Å². The highest BCUT2D eigenvalue weighted by atomic mass is 35.5. The van der Waals surface area contributed by atoms with E-state index in [-0.39, 0.29) is 10.8 Å². The molecule has 25 heavy (non-hydrogen) atoms. The van der Waals surface area contributed by atoms with Gasteiger partial charge in [0, 0.05) is 20.0 Å². The Kier molecular flexibility index (Phi) is 6.85. The fourth-order valence-electron chi connectivity index (χ4n) is 1.90. The van der Waals surface area contributed by atoms with Gasteiger partial charge in [-0.05, 0) is 24.3 Å². The van der Waals surface area contributed by atoms with Crippen molar-refractivity contribution in [2.24, 2.45) is 0 Å². The zero-order valence-corrected chi connectivity index (χ0v) is 15.9. The Morgan fingerprint density at radius 2 is 2.00 bits per heavy atom. The summed E-state index contributed by atoms with van der Waals surface area (Å²) < 4.78 is 28.2. The molecule has 9 heteroatoms. The van der Waals surface area contributed by atoms with E-state index in [9.17, 15) is 9.36 Å². The number of ether oxygens (including phenoxy) is 2. The average molecular weight is 404 g/mol. The molecule has 2 rings (SSSR count). The number of esters is 1. The maximum Gasteiger partial charge on any atom is 0.345 e. The van der Waals surface area contributed by atoms with Crippen LogP contribution in [-0.2, 0) is 18.6 Å². The molecule has 0 bridgehead atoms. The summed E-state index contributed by atoms with van der Waals surface area (Å²) in [5.41, 5.74) is 0.323. The van der Waals surface area contributed by atoms with Crippen LogP contribution in [0, 0.1) is 0 Å². The van der Waals surface area contributed by atoms with Crippen molar-refractivity contribution in [1.29, 1.82) is 0 Å². The van der Waals surface area contributed by atoms with E-state index in [1.54, 1.807) is 36.4 Å². The molecule has 1 aromatic heterocycles. The predicted molar refractivity (Wildman–Crippen MR) is 95.6 cm³/mol. The van der Waals surface area contributed by atoms with E-state index in [1.807, 2.05) is 0 Å². The molecule has 0 N–H and O–H groups in total. The van der Waals surface area contributed by atoms with Crippen LogP contribution in [0.5, 0.6) is 5.75 Å². The van der Waals surface area contributed by atoms with E-state index in [1.165, 1.54) is 20.0 Å². The lowest BCUT2D eigenvalue weighted by Gasteiger charge is -2.22. The summed E-state index contributed by atoms with van der Waals surface area (Å²) in [5.74, 6) is -1.64. The molecule has 0 spiro atoms. The number of aromatic nitrogens is 1. The number of carbonyl (C=O) groups is 1. The monoisotopic (exact) mass is 403 g/mol. The zero-order chi connectivity index (χ0) is 18.4. The van der Waals surface area contributed by atoms with E-state index in [2.05, 4.69) is 4.98 Å². The molecule has 0 amide bonds. The quantitative estimate of drug-likeness (QED) is 0.498. The van der Waals surface area contributed by atoms with Crippen molar-refractivity contribution in [3.05, 3.63) is 58.3 Å². The van der Waals surface area contributed by atoms with E-state index in [4.69, 9.17) is 37.2 Å². The van der Waals surface area contributed by atoms with Gasteiger partial charge in [0.25, 0.3) is 0 Å². The van der Waals surface area contributed by atoms with Crippen molar-refractivity contribution in [2.45, 2.75) is 5.85 Å². The van der Waals surface area contributed by atoms with E-state index in [0.717, 1.165) is 0 Å². The molecule has 134 valence electrons. The minimum atomic E-state index is -3.28. The van der Waals surface area contributed by atoms with Crippen molar-refractivity contribution in [2.75, 3.05) is 20.4 Å². The largest absolute Gasteiger partial charge is 0.480 e. The second kappa shape index (κ2) is 8.68. The molecular formula is C16H16Cl2NO5P. The van der Waals surface area contributed by atoms with Gasteiger partial charge in [-0.25, -0.2) is 4.79 Å². The Labute approximate surface area is 155 Å². The molecule has 0 aliphatic heterocycles. The summed E-state index contributed by atoms with van der Waals surface area (Å²) in [6.45, 7) is 0.932. The third-order valence-corrected chi connectivity index (χ3v) is 5.98. The highest BCUT2D eigenvalue weighted by molar-refractivity contribution is 7.58. The van der Waals surface area contributed by atoms with Crippen LogP contribution in [0.3, 0.4) is 0 Å². The Morgan fingerprint density at radius 3 is 2.64 bits per heavy atom. The van der Waals surface area contributed by atoms with Crippen molar-refractivity contribution >= 4 is 36.5 Å². The fourth-order valence-corrected chi connectivity index (χ4v) is 3.39. The van der Waals surface area contributed by atoms with Crippen molar-refractivity contribution in [3.8, 4) is 5.75 Å². The average Bonchev–Trinajstić information content (AvgIpc) is 2.61. The molecule has 0 saturated heterocycles. The van der Waals surface area contributed by atoms with Crippen LogP contribution < -0.4 is 4.74 Å². The second-order valence-electron chi connectivity index (χ2n) is 5.03. The summed E-state index contributed by atoms with van der Waals surface area (Å²) in [7, 11) is -2.00. The van der Waals surface area contributed by atoms with Gasteiger partial charge in [0.2, 0.25) is 13.2 Å². The first-order chi connectivity index (χ1) is 11.8. The third kappa shape index (κ3) is 5.19. The third-order valence-electron chi connectivity index (χ3n) is 3.23. The van der Waals surface area contributed by atoms with Gasteiger partial charge < -0.3 is 14.0 Å². The number of rotatable bonds is 7. The summed E-state index contributed by atoms with van der Waals surface area (Å²) >= 11 is 11.9. The van der Waals surface area contributed by atoms with Gasteiger partial charge in [0.15, 0.2) is 6.61 Å². The van der Waals surface area contributed by atoms with Crippen LogP contribution in [-0.4, -0.2) is 31.3 Å². The second-order valence-corrected chi connectivity index (χ2v) is 8.47. The highest BCUT2D eigenvalue weighted by Gasteiger charge is 2.34. The van der Waals surface area contributed by atoms with E-state index >= 15 is 0 Å². The predicted octanol–water partition coefficient (Wildman–Crippen LogP) is 4.56. The molecule has 0 aliphatic rings. The normalized spacial score (nSPS) is 14.4. The Hall–Kier alpha value is -1.59. The topological polar surface area (TPSA) is 74.7 Å². The van der Waals surface area contributed by atoms with Crippen molar-refractivity contribution < 1.29 is 23.4 Å². The minimum Gasteiger partial charge on any atom is -0.480 e. The molecule has 0 fully saturated rings. The maximum absolute atomic E-state index is 12.6. The lowest BCUT2D eigenvalue weighted by Crippen LogP contribution is -2.19. The highest BCUT2D eigenvalue weighted by Crippen LogP contribution is 2.56. The summed E-state index contributed by atoms with van der Waals surface area (Å²) in [6, 6.07) is 9.79. The first kappa shape index (κ1) is 19.7. The Balaban J connectivity index is 2.10. The van der Waals surface area contributed by atoms with E-state index < -0.39 is 25.8 Å². The first-order valence-corrected chi connectivity index (χ1v) is 10.0. The smallest absolute Gasteiger partial charge is 0.345 e. The first-order valence-electron chi connectivity index (χ1n) is 7.15. The van der Waals surface area contributed by atoms with Crippen LogP contribution in [0.2, 0.25) is 10.0 Å². The molecule has 0 radical (unpaired) electrons.